The van der Waals surface area contributed by atoms with E-state index in [1.165, 1.54) is 0 Å². The Hall–Kier alpha value is -3.17. The van der Waals surface area contributed by atoms with E-state index in [4.69, 9.17) is 4.74 Å². The second kappa shape index (κ2) is 7.26. The van der Waals surface area contributed by atoms with E-state index in [1.54, 1.807) is 41.3 Å². The number of rotatable bonds is 3. The Kier molecular flexibility index (Phi) is 4.56. The van der Waals surface area contributed by atoms with Gasteiger partial charge in [0.25, 0.3) is 0 Å². The van der Waals surface area contributed by atoms with Crippen molar-refractivity contribution in [1.29, 1.82) is 0 Å². The first-order chi connectivity index (χ1) is 14.5. The molecular formula is C20H22F2N6O2. The number of aromatic nitrogens is 4. The second-order valence-corrected chi connectivity index (χ2v) is 7.82. The van der Waals surface area contributed by atoms with Crippen LogP contribution in [-0.2, 0) is 11.8 Å². The standard InChI is InChI=1S/C20H22F2N6O2/c1-26-11-12(10-24-26)18-17(22)16-15(2-3-23-19(16)25-18)27-4-6-28(7-5-27)20(29)30-14-8-13(21)9-14/h2-3,10-11,13-14H,4-9H2,1H3,(H,23,25). The molecule has 1 aliphatic carbocycles. The first-order valence-electron chi connectivity index (χ1n) is 9.99. The molecule has 1 amide bonds. The van der Waals surface area contributed by atoms with E-state index in [2.05, 4.69) is 15.1 Å². The predicted octanol–water partition coefficient (Wildman–Crippen LogP) is 2.86. The molecule has 158 valence electrons. The molecule has 0 bridgehead atoms. The van der Waals surface area contributed by atoms with Crippen molar-refractivity contribution in [1.82, 2.24) is 24.6 Å². The molecule has 1 saturated heterocycles. The normalized spacial score (nSPS) is 21.7. The van der Waals surface area contributed by atoms with Crippen LogP contribution in [0.1, 0.15) is 12.8 Å². The molecule has 1 saturated carbocycles. The van der Waals surface area contributed by atoms with Gasteiger partial charge >= 0.3 is 6.09 Å². The number of carbonyl (C=O) groups excluding carboxylic acids is 1. The number of aromatic amines is 1. The fourth-order valence-electron chi connectivity index (χ4n) is 4.02. The lowest BCUT2D eigenvalue weighted by Crippen LogP contribution is -2.50. The molecule has 3 aromatic heterocycles. The van der Waals surface area contributed by atoms with Crippen LogP contribution in [0.4, 0.5) is 19.3 Å². The number of nitrogens with one attached hydrogen (secondary N) is 1. The molecule has 2 aliphatic rings. The van der Waals surface area contributed by atoms with Crippen LogP contribution in [0, 0.1) is 5.82 Å². The summed E-state index contributed by atoms with van der Waals surface area (Å²) in [6.45, 7) is 1.99. The van der Waals surface area contributed by atoms with Crippen LogP contribution in [0.25, 0.3) is 22.3 Å². The monoisotopic (exact) mass is 416 g/mol. The molecule has 0 spiro atoms. The third-order valence-corrected chi connectivity index (χ3v) is 5.79. The lowest BCUT2D eigenvalue weighted by molar-refractivity contribution is -0.0132. The number of piperazine rings is 1. The van der Waals surface area contributed by atoms with Crippen LogP contribution < -0.4 is 4.90 Å². The number of fused-ring (bicyclic) bond motifs is 1. The zero-order chi connectivity index (χ0) is 20.8. The number of pyridine rings is 1. The van der Waals surface area contributed by atoms with Gasteiger partial charge in [-0.1, -0.05) is 0 Å². The molecule has 5 rings (SSSR count). The van der Waals surface area contributed by atoms with Crippen LogP contribution in [0.3, 0.4) is 0 Å². The van der Waals surface area contributed by atoms with Gasteiger partial charge in [0.15, 0.2) is 5.82 Å². The van der Waals surface area contributed by atoms with Crippen LogP contribution >= 0.6 is 0 Å². The maximum absolute atomic E-state index is 15.3. The molecule has 8 nitrogen and oxygen atoms in total. The van der Waals surface area contributed by atoms with E-state index >= 15 is 4.39 Å². The predicted molar refractivity (Wildman–Crippen MR) is 106 cm³/mol. The minimum absolute atomic E-state index is 0.284. The van der Waals surface area contributed by atoms with Gasteiger partial charge in [-0.15, -0.1) is 0 Å². The van der Waals surface area contributed by atoms with Crippen molar-refractivity contribution in [2.45, 2.75) is 25.1 Å². The second-order valence-electron chi connectivity index (χ2n) is 7.82. The smallest absolute Gasteiger partial charge is 0.410 e. The van der Waals surface area contributed by atoms with Crippen molar-refractivity contribution >= 4 is 22.8 Å². The molecule has 1 aliphatic heterocycles. The maximum Gasteiger partial charge on any atom is 0.410 e. The number of hydrogen-bond acceptors (Lipinski definition) is 5. The zero-order valence-corrected chi connectivity index (χ0v) is 16.5. The van der Waals surface area contributed by atoms with Crippen LogP contribution in [0.5, 0.6) is 0 Å². The van der Waals surface area contributed by atoms with Gasteiger partial charge in [0.05, 0.1) is 23.0 Å². The van der Waals surface area contributed by atoms with E-state index in [0.29, 0.717) is 48.5 Å². The average Bonchev–Trinajstić information content (AvgIpc) is 3.30. The van der Waals surface area contributed by atoms with Gasteiger partial charge in [-0.05, 0) is 6.07 Å². The third kappa shape index (κ3) is 3.25. The van der Waals surface area contributed by atoms with E-state index in [-0.39, 0.29) is 24.8 Å². The summed E-state index contributed by atoms with van der Waals surface area (Å²) >= 11 is 0. The minimum Gasteiger partial charge on any atom is -0.446 e. The fourth-order valence-corrected chi connectivity index (χ4v) is 4.02. The molecule has 1 N–H and O–H groups in total. The molecule has 2 fully saturated rings. The highest BCUT2D eigenvalue weighted by atomic mass is 19.1. The molecule has 30 heavy (non-hydrogen) atoms. The first kappa shape index (κ1) is 18.8. The summed E-state index contributed by atoms with van der Waals surface area (Å²) in [6.07, 6.45) is 3.98. The molecular weight excluding hydrogens is 394 g/mol. The van der Waals surface area contributed by atoms with Crippen molar-refractivity contribution in [3.8, 4) is 11.3 Å². The first-order valence-corrected chi connectivity index (χ1v) is 9.99. The maximum atomic E-state index is 15.3. The van der Waals surface area contributed by atoms with E-state index in [0.717, 1.165) is 5.69 Å². The summed E-state index contributed by atoms with van der Waals surface area (Å²) in [4.78, 5) is 23.3. The number of anilines is 1. The highest BCUT2D eigenvalue weighted by molar-refractivity contribution is 5.94. The van der Waals surface area contributed by atoms with Gasteiger partial charge in [0.1, 0.15) is 17.9 Å². The SMILES string of the molecule is Cn1cc(-c2[nH]c3nccc(N4CCN(C(=O)OC5CC(F)C5)CC4)c3c2F)cn1. The molecule has 0 unspecified atom stereocenters. The van der Waals surface area contributed by atoms with Crippen molar-refractivity contribution in [3.63, 3.8) is 0 Å². The largest absolute Gasteiger partial charge is 0.446 e. The third-order valence-electron chi connectivity index (χ3n) is 5.79. The van der Waals surface area contributed by atoms with Crippen molar-refractivity contribution in [2.24, 2.45) is 7.05 Å². The van der Waals surface area contributed by atoms with E-state index in [1.807, 2.05) is 4.90 Å². The summed E-state index contributed by atoms with van der Waals surface area (Å²) < 4.78 is 35.2. The number of nitrogens with zero attached hydrogens (tertiary/aromatic N) is 5. The summed E-state index contributed by atoms with van der Waals surface area (Å²) in [5.41, 5.74) is 2.21. The summed E-state index contributed by atoms with van der Waals surface area (Å²) in [5, 5.41) is 4.53. The molecule has 4 heterocycles. The Morgan fingerprint density at radius 3 is 2.70 bits per heavy atom. The Morgan fingerprint density at radius 1 is 1.27 bits per heavy atom. The summed E-state index contributed by atoms with van der Waals surface area (Å²) in [6, 6.07) is 1.79. The topological polar surface area (TPSA) is 79.3 Å². The van der Waals surface area contributed by atoms with Crippen LogP contribution in [0.2, 0.25) is 0 Å². The Balaban J connectivity index is 1.33. The quantitative estimate of drug-likeness (QED) is 0.710. The number of ether oxygens (including phenoxy) is 1. The number of aryl methyl sites for hydroxylation is 1. The number of halogens is 2. The van der Waals surface area contributed by atoms with Crippen LogP contribution in [-0.4, -0.2) is 69.2 Å². The highest BCUT2D eigenvalue weighted by Gasteiger charge is 2.34. The Bertz CT molecular complexity index is 1080. The fraction of sp³-hybridized carbons (Fsp3) is 0.450. The van der Waals surface area contributed by atoms with Crippen molar-refractivity contribution < 1.29 is 18.3 Å². The van der Waals surface area contributed by atoms with E-state index < -0.39 is 12.3 Å². The van der Waals surface area contributed by atoms with Crippen molar-refractivity contribution in [2.75, 3.05) is 31.1 Å². The molecule has 0 radical (unpaired) electrons. The van der Waals surface area contributed by atoms with Crippen LogP contribution in [0.15, 0.2) is 24.7 Å². The average molecular weight is 416 g/mol. The molecule has 0 atom stereocenters. The van der Waals surface area contributed by atoms with Crippen molar-refractivity contribution in [3.05, 3.63) is 30.5 Å². The number of carbonyl (C=O) groups is 1. The van der Waals surface area contributed by atoms with E-state index in [9.17, 15) is 9.18 Å². The molecule has 10 heteroatoms. The Labute approximate surface area is 171 Å². The molecule has 3 aromatic rings. The minimum atomic E-state index is -0.860. The zero-order valence-electron chi connectivity index (χ0n) is 16.5. The van der Waals surface area contributed by atoms with Gasteiger partial charge in [0, 0.05) is 64.0 Å². The Morgan fingerprint density at radius 2 is 2.03 bits per heavy atom. The lowest BCUT2D eigenvalue weighted by atomic mass is 9.94. The number of H-pyrrole nitrogens is 1. The molecule has 0 aromatic carbocycles. The van der Waals surface area contributed by atoms with Gasteiger partial charge in [-0.3, -0.25) is 4.68 Å². The number of hydrogen-bond donors (Lipinski definition) is 1. The van der Waals surface area contributed by atoms with Gasteiger partial charge < -0.3 is 19.5 Å². The van der Waals surface area contributed by atoms with Gasteiger partial charge in [0.2, 0.25) is 0 Å². The lowest BCUT2D eigenvalue weighted by Gasteiger charge is -2.37. The summed E-state index contributed by atoms with van der Waals surface area (Å²) in [7, 11) is 1.78. The number of alkyl halides is 1. The van der Waals surface area contributed by atoms with Gasteiger partial charge in [-0.25, -0.2) is 18.6 Å². The summed E-state index contributed by atoms with van der Waals surface area (Å²) in [5.74, 6) is -0.367. The highest BCUT2D eigenvalue weighted by Crippen LogP contribution is 2.34. The van der Waals surface area contributed by atoms with Gasteiger partial charge in [-0.2, -0.15) is 5.10 Å². The number of amides is 1.